The van der Waals surface area contributed by atoms with E-state index in [4.69, 9.17) is 14.5 Å². The van der Waals surface area contributed by atoms with Crippen molar-refractivity contribution in [1.29, 1.82) is 0 Å². The van der Waals surface area contributed by atoms with Gasteiger partial charge in [-0.25, -0.2) is 4.99 Å². The molecule has 2 heterocycles. The zero-order valence-electron chi connectivity index (χ0n) is 19.6. The number of benzene rings is 1. The number of hydrogen-bond donors (Lipinski definition) is 2. The molecule has 2 atom stereocenters. The van der Waals surface area contributed by atoms with Gasteiger partial charge in [0.2, 0.25) is 0 Å². The van der Waals surface area contributed by atoms with Gasteiger partial charge in [-0.3, -0.25) is 9.80 Å². The molecule has 7 nitrogen and oxygen atoms in total. The van der Waals surface area contributed by atoms with Crippen molar-refractivity contribution in [2.45, 2.75) is 52.5 Å². The van der Waals surface area contributed by atoms with Crippen LogP contribution in [0.25, 0.3) is 0 Å². The largest absolute Gasteiger partial charge is 0.379 e. The van der Waals surface area contributed by atoms with Gasteiger partial charge in [0.05, 0.1) is 32.0 Å². The van der Waals surface area contributed by atoms with Gasteiger partial charge in [-0.05, 0) is 38.3 Å². The maximum absolute atomic E-state index is 5.83. The minimum absolute atomic E-state index is 0.327. The number of rotatable bonds is 9. The summed E-state index contributed by atoms with van der Waals surface area (Å²) < 4.78 is 11.3. The van der Waals surface area contributed by atoms with E-state index in [9.17, 15) is 0 Å². The topological polar surface area (TPSA) is 61.4 Å². The third kappa shape index (κ3) is 8.41. The highest BCUT2D eigenvalue weighted by molar-refractivity contribution is 5.79. The average molecular weight is 432 g/mol. The molecule has 2 aliphatic heterocycles. The van der Waals surface area contributed by atoms with E-state index in [1.807, 2.05) is 0 Å². The predicted octanol–water partition coefficient (Wildman–Crippen LogP) is 2.07. The summed E-state index contributed by atoms with van der Waals surface area (Å²) in [6.07, 6.45) is 1.75. The highest BCUT2D eigenvalue weighted by Gasteiger charge is 2.21. The van der Waals surface area contributed by atoms with Crippen LogP contribution in [0.4, 0.5) is 0 Å². The van der Waals surface area contributed by atoms with E-state index >= 15 is 0 Å². The van der Waals surface area contributed by atoms with E-state index in [0.29, 0.717) is 18.8 Å². The number of aliphatic imine (C=N–C) groups is 1. The molecule has 0 spiro atoms. The maximum Gasteiger partial charge on any atom is 0.191 e. The van der Waals surface area contributed by atoms with Crippen molar-refractivity contribution >= 4 is 5.96 Å². The first-order valence-corrected chi connectivity index (χ1v) is 11.9. The van der Waals surface area contributed by atoms with Gasteiger partial charge in [-0.2, -0.15) is 0 Å². The molecule has 0 radical (unpaired) electrons. The standard InChI is InChI=1S/C24H41N5O2/c1-4-25-24(26-10-7-11-29-17-20(2)31-21(3)18-29)27-16-22-8-5-6-9-23(22)19-28-12-14-30-15-13-28/h5-6,8-9,20-21H,4,7,10-19H2,1-3H3,(H2,25,26,27). The monoisotopic (exact) mass is 431 g/mol. The van der Waals surface area contributed by atoms with Crippen LogP contribution in [-0.2, 0) is 22.6 Å². The number of morpholine rings is 2. The Labute approximate surface area is 188 Å². The fourth-order valence-corrected chi connectivity index (χ4v) is 4.35. The van der Waals surface area contributed by atoms with Crippen LogP contribution >= 0.6 is 0 Å². The van der Waals surface area contributed by atoms with Crippen LogP contribution in [0.3, 0.4) is 0 Å². The van der Waals surface area contributed by atoms with Crippen LogP contribution in [0, 0.1) is 0 Å². The van der Waals surface area contributed by atoms with Gasteiger partial charge in [-0.1, -0.05) is 24.3 Å². The lowest BCUT2D eigenvalue weighted by atomic mass is 10.1. The minimum Gasteiger partial charge on any atom is -0.379 e. The molecule has 0 aliphatic carbocycles. The van der Waals surface area contributed by atoms with Gasteiger partial charge in [0, 0.05) is 52.4 Å². The second-order valence-corrected chi connectivity index (χ2v) is 8.65. The number of nitrogens with zero attached hydrogens (tertiary/aromatic N) is 3. The second kappa shape index (κ2) is 13.0. The van der Waals surface area contributed by atoms with Gasteiger partial charge in [0.15, 0.2) is 5.96 Å². The first-order chi connectivity index (χ1) is 15.1. The molecule has 0 bridgehead atoms. The van der Waals surface area contributed by atoms with E-state index in [-0.39, 0.29) is 0 Å². The molecule has 1 aromatic rings. The zero-order valence-corrected chi connectivity index (χ0v) is 19.6. The number of ether oxygens (including phenoxy) is 2. The van der Waals surface area contributed by atoms with E-state index in [1.54, 1.807) is 0 Å². The molecule has 3 rings (SSSR count). The molecule has 0 saturated carbocycles. The Balaban J connectivity index is 1.48. The lowest BCUT2D eigenvalue weighted by molar-refractivity contribution is -0.0679. The summed E-state index contributed by atoms with van der Waals surface area (Å²) >= 11 is 0. The molecule has 2 N–H and O–H groups in total. The highest BCUT2D eigenvalue weighted by atomic mass is 16.5. The molecule has 0 amide bonds. The Bertz CT molecular complexity index is 668. The van der Waals surface area contributed by atoms with Crippen molar-refractivity contribution in [3.05, 3.63) is 35.4 Å². The fourth-order valence-electron chi connectivity index (χ4n) is 4.35. The molecular formula is C24H41N5O2. The van der Waals surface area contributed by atoms with Crippen molar-refractivity contribution in [2.75, 3.05) is 59.0 Å². The predicted molar refractivity (Wildman–Crippen MR) is 126 cm³/mol. The van der Waals surface area contributed by atoms with E-state index in [1.165, 1.54) is 11.1 Å². The zero-order chi connectivity index (χ0) is 21.9. The summed E-state index contributed by atoms with van der Waals surface area (Å²) in [5.74, 6) is 0.896. The second-order valence-electron chi connectivity index (χ2n) is 8.65. The van der Waals surface area contributed by atoms with Gasteiger partial charge in [-0.15, -0.1) is 0 Å². The normalized spacial score (nSPS) is 23.6. The molecule has 2 unspecified atom stereocenters. The van der Waals surface area contributed by atoms with Crippen LogP contribution in [0.15, 0.2) is 29.3 Å². The number of hydrogen-bond acceptors (Lipinski definition) is 5. The molecule has 2 aliphatic rings. The first kappa shape index (κ1) is 24.0. The number of nitrogens with one attached hydrogen (secondary N) is 2. The van der Waals surface area contributed by atoms with Crippen molar-refractivity contribution in [3.8, 4) is 0 Å². The summed E-state index contributed by atoms with van der Waals surface area (Å²) in [6, 6.07) is 8.66. The lowest BCUT2D eigenvalue weighted by Gasteiger charge is -2.35. The Kier molecular flexibility index (Phi) is 10.1. The van der Waals surface area contributed by atoms with E-state index in [2.05, 4.69) is 65.5 Å². The third-order valence-corrected chi connectivity index (χ3v) is 5.81. The first-order valence-electron chi connectivity index (χ1n) is 11.9. The summed E-state index contributed by atoms with van der Waals surface area (Å²) in [4.78, 5) is 9.83. The maximum atomic E-state index is 5.83. The van der Waals surface area contributed by atoms with Gasteiger partial charge in [0.1, 0.15) is 0 Å². The summed E-state index contributed by atoms with van der Waals surface area (Å²) in [7, 11) is 0. The Morgan fingerprint density at radius 2 is 1.74 bits per heavy atom. The Morgan fingerprint density at radius 3 is 2.45 bits per heavy atom. The van der Waals surface area contributed by atoms with Crippen LogP contribution in [-0.4, -0.2) is 87.0 Å². The summed E-state index contributed by atoms with van der Waals surface area (Å²) in [5, 5.41) is 6.89. The smallest absolute Gasteiger partial charge is 0.191 e. The molecule has 174 valence electrons. The molecule has 2 saturated heterocycles. The summed E-state index contributed by atoms with van der Waals surface area (Å²) in [5.41, 5.74) is 2.65. The quantitative estimate of drug-likeness (QED) is 0.355. The van der Waals surface area contributed by atoms with E-state index in [0.717, 1.165) is 78.0 Å². The van der Waals surface area contributed by atoms with Crippen molar-refractivity contribution < 1.29 is 9.47 Å². The molecule has 31 heavy (non-hydrogen) atoms. The average Bonchev–Trinajstić information content (AvgIpc) is 2.76. The minimum atomic E-state index is 0.327. The third-order valence-electron chi connectivity index (χ3n) is 5.81. The molecule has 0 aromatic heterocycles. The lowest BCUT2D eigenvalue weighted by Crippen LogP contribution is -2.46. The van der Waals surface area contributed by atoms with E-state index < -0.39 is 0 Å². The Hall–Kier alpha value is -1.67. The molecular weight excluding hydrogens is 390 g/mol. The molecule has 1 aromatic carbocycles. The fraction of sp³-hybridized carbons (Fsp3) is 0.708. The van der Waals surface area contributed by atoms with Crippen LogP contribution < -0.4 is 10.6 Å². The van der Waals surface area contributed by atoms with Gasteiger partial charge >= 0.3 is 0 Å². The SMILES string of the molecule is CCNC(=NCc1ccccc1CN1CCOCC1)NCCCN1CC(C)OC(C)C1. The van der Waals surface area contributed by atoms with Gasteiger partial charge < -0.3 is 20.1 Å². The molecule has 2 fully saturated rings. The Morgan fingerprint density at radius 1 is 1.03 bits per heavy atom. The van der Waals surface area contributed by atoms with Crippen LogP contribution in [0.1, 0.15) is 38.3 Å². The van der Waals surface area contributed by atoms with Gasteiger partial charge in [0.25, 0.3) is 0 Å². The number of guanidine groups is 1. The molecule has 7 heteroatoms. The van der Waals surface area contributed by atoms with Crippen LogP contribution in [0.2, 0.25) is 0 Å². The van der Waals surface area contributed by atoms with Crippen molar-refractivity contribution in [1.82, 2.24) is 20.4 Å². The highest BCUT2D eigenvalue weighted by Crippen LogP contribution is 2.14. The van der Waals surface area contributed by atoms with Crippen molar-refractivity contribution in [2.24, 2.45) is 4.99 Å². The van der Waals surface area contributed by atoms with Crippen LogP contribution in [0.5, 0.6) is 0 Å². The summed E-state index contributed by atoms with van der Waals surface area (Å²) in [6.45, 7) is 16.7. The van der Waals surface area contributed by atoms with Crippen molar-refractivity contribution in [3.63, 3.8) is 0 Å².